The molecule has 19 heavy (non-hydrogen) atoms. The first kappa shape index (κ1) is 16.4. The molecule has 0 aliphatic rings. The zero-order valence-corrected chi connectivity index (χ0v) is 14.6. The van der Waals surface area contributed by atoms with Gasteiger partial charge in [0.25, 0.3) is 5.91 Å². The minimum Gasteiger partial charge on any atom is -0.480 e. The predicted molar refractivity (Wildman–Crippen MR) is 85.3 cm³/mol. The van der Waals surface area contributed by atoms with Gasteiger partial charge in [-0.2, -0.15) is 0 Å². The number of nitrogens with zero attached hydrogens (tertiary/aromatic N) is 1. The highest BCUT2D eigenvalue weighted by atomic mass is 127. The summed E-state index contributed by atoms with van der Waals surface area (Å²) in [5.41, 5.74) is -0.0490. The van der Waals surface area contributed by atoms with Crippen LogP contribution < -0.4 is 0 Å². The first-order valence-corrected chi connectivity index (χ1v) is 7.49. The highest BCUT2D eigenvalue weighted by Crippen LogP contribution is 2.23. The average molecular weight is 440 g/mol. The molecule has 1 amide bonds. The van der Waals surface area contributed by atoms with Crippen molar-refractivity contribution < 1.29 is 14.7 Å². The standard InChI is InChI=1S/C13H15BrINO3/c1-13(2,3)16(7-11(17)18)12(19)9-6-8(14)4-5-10(9)15/h4-6H,7H2,1-3H3,(H,17,18). The molecule has 0 spiro atoms. The molecule has 0 saturated heterocycles. The Kier molecular flexibility index (Phi) is 5.37. The van der Waals surface area contributed by atoms with Crippen LogP contribution in [0.4, 0.5) is 0 Å². The molecular weight excluding hydrogens is 425 g/mol. The molecule has 0 aromatic heterocycles. The minimum atomic E-state index is -1.02. The van der Waals surface area contributed by atoms with Crippen molar-refractivity contribution in [2.75, 3.05) is 6.54 Å². The second-order valence-corrected chi connectivity index (χ2v) is 7.16. The third-order valence-corrected chi connectivity index (χ3v) is 3.94. The van der Waals surface area contributed by atoms with Crippen molar-refractivity contribution in [2.24, 2.45) is 0 Å². The Bertz CT molecular complexity index is 511. The number of hydrogen-bond donors (Lipinski definition) is 1. The Morgan fingerprint density at radius 3 is 2.42 bits per heavy atom. The molecule has 0 unspecified atom stereocenters. The molecule has 0 bridgehead atoms. The molecule has 0 radical (unpaired) electrons. The number of benzene rings is 1. The lowest BCUT2D eigenvalue weighted by Crippen LogP contribution is -2.48. The number of halogens is 2. The van der Waals surface area contributed by atoms with E-state index in [1.807, 2.05) is 32.9 Å². The SMILES string of the molecule is CC(C)(C)N(CC(=O)O)C(=O)c1cc(Br)ccc1I. The summed E-state index contributed by atoms with van der Waals surface area (Å²) >= 11 is 5.40. The van der Waals surface area contributed by atoms with Crippen LogP contribution in [-0.2, 0) is 4.79 Å². The molecule has 0 aliphatic carbocycles. The second-order valence-electron chi connectivity index (χ2n) is 5.08. The summed E-state index contributed by atoms with van der Waals surface area (Å²) in [7, 11) is 0. The third-order valence-electron chi connectivity index (χ3n) is 2.51. The quantitative estimate of drug-likeness (QED) is 0.734. The number of amides is 1. The molecule has 0 fully saturated rings. The minimum absolute atomic E-state index is 0.277. The van der Waals surface area contributed by atoms with Crippen LogP contribution in [0.1, 0.15) is 31.1 Å². The molecule has 0 atom stereocenters. The summed E-state index contributed by atoms with van der Waals surface area (Å²) in [5.74, 6) is -1.30. The van der Waals surface area contributed by atoms with Gasteiger partial charge in [-0.05, 0) is 61.6 Å². The van der Waals surface area contributed by atoms with E-state index in [2.05, 4.69) is 38.5 Å². The first-order chi connectivity index (χ1) is 8.62. The van der Waals surface area contributed by atoms with Gasteiger partial charge in [-0.25, -0.2) is 0 Å². The molecule has 0 heterocycles. The van der Waals surface area contributed by atoms with E-state index < -0.39 is 11.5 Å². The van der Waals surface area contributed by atoms with E-state index >= 15 is 0 Å². The zero-order chi connectivity index (χ0) is 14.8. The summed E-state index contributed by atoms with van der Waals surface area (Å²) in [6.07, 6.45) is 0. The summed E-state index contributed by atoms with van der Waals surface area (Å²) in [5, 5.41) is 8.96. The van der Waals surface area contributed by atoms with Gasteiger partial charge in [0.15, 0.2) is 0 Å². The van der Waals surface area contributed by atoms with Crippen molar-refractivity contribution in [3.8, 4) is 0 Å². The van der Waals surface area contributed by atoms with Gasteiger partial charge in [0.2, 0.25) is 0 Å². The van der Waals surface area contributed by atoms with Crippen molar-refractivity contribution in [2.45, 2.75) is 26.3 Å². The van der Waals surface area contributed by atoms with E-state index in [1.165, 1.54) is 4.90 Å². The van der Waals surface area contributed by atoms with Gasteiger partial charge < -0.3 is 10.0 Å². The molecule has 6 heteroatoms. The van der Waals surface area contributed by atoms with E-state index in [1.54, 1.807) is 6.07 Å². The van der Waals surface area contributed by atoms with Crippen LogP contribution in [0, 0.1) is 3.57 Å². The van der Waals surface area contributed by atoms with Gasteiger partial charge in [0.1, 0.15) is 6.54 Å². The normalized spacial score (nSPS) is 11.2. The van der Waals surface area contributed by atoms with Crippen LogP contribution >= 0.6 is 38.5 Å². The van der Waals surface area contributed by atoms with Crippen LogP contribution in [0.15, 0.2) is 22.7 Å². The molecule has 1 aromatic rings. The Balaban J connectivity index is 3.19. The van der Waals surface area contributed by atoms with E-state index in [4.69, 9.17) is 5.11 Å². The molecule has 0 aliphatic heterocycles. The van der Waals surface area contributed by atoms with Gasteiger partial charge in [0, 0.05) is 13.6 Å². The number of aliphatic carboxylic acids is 1. The average Bonchev–Trinajstić information content (AvgIpc) is 2.26. The van der Waals surface area contributed by atoms with Crippen molar-refractivity contribution >= 4 is 50.4 Å². The molecule has 104 valence electrons. The number of carboxylic acid groups (broad SMARTS) is 1. The third kappa shape index (κ3) is 4.45. The highest BCUT2D eigenvalue weighted by molar-refractivity contribution is 14.1. The van der Waals surface area contributed by atoms with Gasteiger partial charge >= 0.3 is 5.97 Å². The van der Waals surface area contributed by atoms with Gasteiger partial charge in [-0.1, -0.05) is 15.9 Å². The van der Waals surface area contributed by atoms with Gasteiger partial charge in [-0.3, -0.25) is 9.59 Å². The lowest BCUT2D eigenvalue weighted by molar-refractivity contribution is -0.138. The first-order valence-electron chi connectivity index (χ1n) is 5.61. The van der Waals surface area contributed by atoms with Gasteiger partial charge in [-0.15, -0.1) is 0 Å². The summed E-state index contributed by atoms with van der Waals surface area (Å²) in [6.45, 7) is 5.14. The lowest BCUT2D eigenvalue weighted by atomic mass is 10.0. The predicted octanol–water partition coefficient (Wildman–Crippen LogP) is 3.38. The van der Waals surface area contributed by atoms with Crippen LogP contribution in [-0.4, -0.2) is 34.0 Å². The maximum atomic E-state index is 12.5. The maximum absolute atomic E-state index is 12.5. The summed E-state index contributed by atoms with van der Waals surface area (Å²) in [4.78, 5) is 24.8. The Hall–Kier alpha value is -0.630. The number of carbonyl (C=O) groups excluding carboxylic acids is 1. The molecular formula is C13H15BrINO3. The van der Waals surface area contributed by atoms with E-state index in [9.17, 15) is 9.59 Å². The van der Waals surface area contributed by atoms with Crippen LogP contribution in [0.5, 0.6) is 0 Å². The fraction of sp³-hybridized carbons (Fsp3) is 0.385. The van der Waals surface area contributed by atoms with E-state index in [-0.39, 0.29) is 12.5 Å². The van der Waals surface area contributed by atoms with Crippen molar-refractivity contribution in [3.63, 3.8) is 0 Å². The number of carboxylic acids is 1. The molecule has 0 saturated carbocycles. The van der Waals surface area contributed by atoms with Crippen molar-refractivity contribution in [1.29, 1.82) is 0 Å². The highest BCUT2D eigenvalue weighted by Gasteiger charge is 2.30. The van der Waals surface area contributed by atoms with Crippen LogP contribution in [0.2, 0.25) is 0 Å². The smallest absolute Gasteiger partial charge is 0.323 e. The lowest BCUT2D eigenvalue weighted by Gasteiger charge is -2.34. The van der Waals surface area contributed by atoms with Crippen LogP contribution in [0.3, 0.4) is 0 Å². The number of rotatable bonds is 3. The number of hydrogen-bond acceptors (Lipinski definition) is 2. The summed E-state index contributed by atoms with van der Waals surface area (Å²) < 4.78 is 1.59. The zero-order valence-electron chi connectivity index (χ0n) is 10.9. The fourth-order valence-electron chi connectivity index (χ4n) is 1.56. The Labute approximate surface area is 134 Å². The van der Waals surface area contributed by atoms with Crippen molar-refractivity contribution in [1.82, 2.24) is 4.90 Å². The Morgan fingerprint density at radius 2 is 1.95 bits per heavy atom. The van der Waals surface area contributed by atoms with Gasteiger partial charge in [0.05, 0.1) is 5.56 Å². The van der Waals surface area contributed by atoms with E-state index in [0.29, 0.717) is 5.56 Å². The molecule has 1 N–H and O–H groups in total. The second kappa shape index (κ2) is 6.21. The molecule has 1 aromatic carbocycles. The monoisotopic (exact) mass is 439 g/mol. The topological polar surface area (TPSA) is 57.6 Å². The van der Waals surface area contributed by atoms with Crippen LogP contribution in [0.25, 0.3) is 0 Å². The largest absolute Gasteiger partial charge is 0.480 e. The Morgan fingerprint density at radius 1 is 1.37 bits per heavy atom. The molecule has 1 rings (SSSR count). The fourth-order valence-corrected chi connectivity index (χ4v) is 2.48. The van der Waals surface area contributed by atoms with E-state index in [0.717, 1.165) is 8.04 Å². The number of carbonyl (C=O) groups is 2. The summed E-state index contributed by atoms with van der Waals surface area (Å²) in [6, 6.07) is 5.38. The molecule has 4 nitrogen and oxygen atoms in total. The van der Waals surface area contributed by atoms with Crippen molar-refractivity contribution in [3.05, 3.63) is 31.8 Å². The maximum Gasteiger partial charge on any atom is 0.323 e.